The minimum atomic E-state index is -4.41. The van der Waals surface area contributed by atoms with E-state index in [1.807, 2.05) is 0 Å². The standard InChI is InChI=1S/C10H8F4O/c1-5-2-3-6(7(11)4-5)8-9(15-8)10(12,13)14/h2-4,8-9H,1H3. The molecule has 1 fully saturated rings. The predicted octanol–water partition coefficient (Wildman–Crippen LogP) is 3.14. The van der Waals surface area contributed by atoms with Gasteiger partial charge in [0.1, 0.15) is 11.9 Å². The first-order chi connectivity index (χ1) is 6.89. The molecule has 15 heavy (non-hydrogen) atoms. The Balaban J connectivity index is 2.20. The molecule has 1 nitrogen and oxygen atoms in total. The largest absolute Gasteiger partial charge is 0.417 e. The van der Waals surface area contributed by atoms with E-state index in [0.717, 1.165) is 0 Å². The second kappa shape index (κ2) is 3.20. The average Bonchev–Trinajstić information content (AvgIpc) is 2.82. The van der Waals surface area contributed by atoms with Crippen LogP contribution < -0.4 is 0 Å². The van der Waals surface area contributed by atoms with Crippen molar-refractivity contribution < 1.29 is 22.3 Å². The van der Waals surface area contributed by atoms with Crippen LogP contribution in [0.2, 0.25) is 0 Å². The van der Waals surface area contributed by atoms with Gasteiger partial charge < -0.3 is 4.74 Å². The fourth-order valence-electron chi connectivity index (χ4n) is 1.46. The van der Waals surface area contributed by atoms with Gasteiger partial charge in [0.15, 0.2) is 6.10 Å². The van der Waals surface area contributed by atoms with Crippen molar-refractivity contribution in [1.29, 1.82) is 0 Å². The van der Waals surface area contributed by atoms with Gasteiger partial charge in [0.2, 0.25) is 0 Å². The van der Waals surface area contributed by atoms with Crippen molar-refractivity contribution >= 4 is 0 Å². The number of hydrogen-bond donors (Lipinski definition) is 0. The zero-order valence-electron chi connectivity index (χ0n) is 7.81. The van der Waals surface area contributed by atoms with Crippen molar-refractivity contribution in [2.75, 3.05) is 0 Å². The molecule has 1 aromatic carbocycles. The van der Waals surface area contributed by atoms with Crippen LogP contribution in [0.4, 0.5) is 17.6 Å². The summed E-state index contributed by atoms with van der Waals surface area (Å²) in [6, 6.07) is 4.10. The van der Waals surface area contributed by atoms with E-state index in [0.29, 0.717) is 5.56 Å². The number of aryl methyl sites for hydroxylation is 1. The van der Waals surface area contributed by atoms with Gasteiger partial charge in [-0.1, -0.05) is 12.1 Å². The molecular weight excluding hydrogens is 212 g/mol. The topological polar surface area (TPSA) is 12.5 Å². The van der Waals surface area contributed by atoms with Crippen LogP contribution in [0.3, 0.4) is 0 Å². The second-order valence-corrected chi connectivity index (χ2v) is 3.54. The third-order valence-electron chi connectivity index (χ3n) is 2.28. The molecule has 0 bridgehead atoms. The molecule has 2 atom stereocenters. The molecule has 0 spiro atoms. The lowest BCUT2D eigenvalue weighted by atomic mass is 10.1. The summed E-state index contributed by atoms with van der Waals surface area (Å²) in [6.45, 7) is 1.67. The van der Waals surface area contributed by atoms with E-state index in [9.17, 15) is 17.6 Å². The average molecular weight is 220 g/mol. The maximum atomic E-state index is 13.3. The summed E-state index contributed by atoms with van der Waals surface area (Å²) in [7, 11) is 0. The van der Waals surface area contributed by atoms with Crippen LogP contribution in [0.1, 0.15) is 17.2 Å². The SMILES string of the molecule is Cc1ccc(C2OC2C(F)(F)F)c(F)c1. The summed E-state index contributed by atoms with van der Waals surface area (Å²) < 4.78 is 54.1. The number of hydrogen-bond acceptors (Lipinski definition) is 1. The zero-order chi connectivity index (χ0) is 11.2. The molecule has 0 amide bonds. The molecule has 0 aliphatic carbocycles. The summed E-state index contributed by atoms with van der Waals surface area (Å²) in [6.07, 6.45) is -7.44. The van der Waals surface area contributed by atoms with E-state index in [1.54, 1.807) is 13.0 Å². The summed E-state index contributed by atoms with van der Waals surface area (Å²) >= 11 is 0. The van der Waals surface area contributed by atoms with Crippen LogP contribution in [-0.4, -0.2) is 12.3 Å². The van der Waals surface area contributed by atoms with Crippen molar-refractivity contribution in [1.82, 2.24) is 0 Å². The molecule has 1 heterocycles. The molecule has 2 unspecified atom stereocenters. The minimum absolute atomic E-state index is 0.0251. The Kier molecular flexibility index (Phi) is 2.22. The first kappa shape index (κ1) is 10.4. The number of ether oxygens (including phenoxy) is 1. The van der Waals surface area contributed by atoms with E-state index >= 15 is 0 Å². The highest BCUT2D eigenvalue weighted by Gasteiger charge is 2.59. The Hall–Kier alpha value is -1.10. The first-order valence-electron chi connectivity index (χ1n) is 4.38. The van der Waals surface area contributed by atoms with Gasteiger partial charge in [-0.25, -0.2) is 4.39 Å². The van der Waals surface area contributed by atoms with E-state index in [4.69, 9.17) is 0 Å². The van der Waals surface area contributed by atoms with Crippen molar-refractivity contribution in [3.8, 4) is 0 Å². The van der Waals surface area contributed by atoms with Crippen molar-refractivity contribution in [3.05, 3.63) is 35.1 Å². The summed E-state index contributed by atoms with van der Waals surface area (Å²) in [5.41, 5.74) is 0.642. The number of benzene rings is 1. The van der Waals surface area contributed by atoms with E-state index in [1.165, 1.54) is 12.1 Å². The Morgan fingerprint density at radius 2 is 1.93 bits per heavy atom. The molecular formula is C10H8F4O. The van der Waals surface area contributed by atoms with Gasteiger partial charge in [0, 0.05) is 5.56 Å². The highest BCUT2D eigenvalue weighted by Crippen LogP contribution is 2.48. The third kappa shape index (κ3) is 1.97. The van der Waals surface area contributed by atoms with Gasteiger partial charge in [0.05, 0.1) is 0 Å². The van der Waals surface area contributed by atoms with Gasteiger partial charge in [-0.2, -0.15) is 13.2 Å². The summed E-state index contributed by atoms with van der Waals surface area (Å²) in [5, 5.41) is 0. The highest BCUT2D eigenvalue weighted by atomic mass is 19.4. The van der Waals surface area contributed by atoms with Gasteiger partial charge in [-0.15, -0.1) is 0 Å². The maximum absolute atomic E-state index is 13.3. The Labute approximate surface area is 83.7 Å². The number of epoxide rings is 1. The smallest absolute Gasteiger partial charge is 0.354 e. The maximum Gasteiger partial charge on any atom is 0.417 e. The molecule has 0 radical (unpaired) electrons. The van der Waals surface area contributed by atoms with Crippen molar-refractivity contribution in [2.45, 2.75) is 25.3 Å². The van der Waals surface area contributed by atoms with Gasteiger partial charge in [-0.3, -0.25) is 0 Å². The fourth-order valence-corrected chi connectivity index (χ4v) is 1.46. The molecule has 0 saturated carbocycles. The molecule has 5 heteroatoms. The normalized spacial score (nSPS) is 25.4. The van der Waals surface area contributed by atoms with E-state index in [-0.39, 0.29) is 5.56 Å². The minimum Gasteiger partial charge on any atom is -0.354 e. The Morgan fingerprint density at radius 1 is 1.27 bits per heavy atom. The van der Waals surface area contributed by atoms with Gasteiger partial charge in [-0.05, 0) is 18.6 Å². The number of rotatable bonds is 1. The molecule has 1 saturated heterocycles. The lowest BCUT2D eigenvalue weighted by Gasteiger charge is -2.02. The monoisotopic (exact) mass is 220 g/mol. The molecule has 0 aromatic heterocycles. The Morgan fingerprint density at radius 3 is 2.40 bits per heavy atom. The van der Waals surface area contributed by atoms with Crippen LogP contribution in [0.25, 0.3) is 0 Å². The summed E-state index contributed by atoms with van der Waals surface area (Å²) in [5.74, 6) is -0.647. The second-order valence-electron chi connectivity index (χ2n) is 3.54. The third-order valence-corrected chi connectivity index (χ3v) is 2.28. The molecule has 2 rings (SSSR count). The van der Waals surface area contributed by atoms with Crippen LogP contribution in [-0.2, 0) is 4.74 Å². The lowest BCUT2D eigenvalue weighted by molar-refractivity contribution is -0.146. The van der Waals surface area contributed by atoms with E-state index in [2.05, 4.69) is 4.74 Å². The summed E-state index contributed by atoms with van der Waals surface area (Å²) in [4.78, 5) is 0. The van der Waals surface area contributed by atoms with Crippen molar-refractivity contribution in [2.24, 2.45) is 0 Å². The van der Waals surface area contributed by atoms with E-state index < -0.39 is 24.2 Å². The fraction of sp³-hybridized carbons (Fsp3) is 0.400. The number of halogens is 4. The molecule has 0 N–H and O–H groups in total. The first-order valence-corrected chi connectivity index (χ1v) is 4.38. The number of alkyl halides is 3. The quantitative estimate of drug-likeness (QED) is 0.523. The van der Waals surface area contributed by atoms with Gasteiger partial charge in [0.25, 0.3) is 0 Å². The molecule has 1 aliphatic rings. The van der Waals surface area contributed by atoms with Crippen LogP contribution in [0, 0.1) is 12.7 Å². The Bertz CT molecular complexity index is 385. The molecule has 1 aliphatic heterocycles. The van der Waals surface area contributed by atoms with Crippen LogP contribution in [0.5, 0.6) is 0 Å². The molecule has 82 valence electrons. The van der Waals surface area contributed by atoms with Gasteiger partial charge >= 0.3 is 6.18 Å². The lowest BCUT2D eigenvalue weighted by Crippen LogP contribution is -2.17. The zero-order valence-corrected chi connectivity index (χ0v) is 7.81. The van der Waals surface area contributed by atoms with Crippen LogP contribution >= 0.6 is 0 Å². The predicted molar refractivity (Wildman–Crippen MR) is 44.8 cm³/mol. The molecule has 1 aromatic rings. The van der Waals surface area contributed by atoms with Crippen LogP contribution in [0.15, 0.2) is 18.2 Å². The van der Waals surface area contributed by atoms with Crippen molar-refractivity contribution in [3.63, 3.8) is 0 Å². The highest BCUT2D eigenvalue weighted by molar-refractivity contribution is 5.28.